The highest BCUT2D eigenvalue weighted by Crippen LogP contribution is 2.29. The van der Waals surface area contributed by atoms with Gasteiger partial charge in [-0.3, -0.25) is 9.69 Å². The third-order valence-corrected chi connectivity index (χ3v) is 4.09. The van der Waals surface area contributed by atoms with Crippen LogP contribution in [-0.2, 0) is 17.5 Å². The maximum absolute atomic E-state index is 12.6. The van der Waals surface area contributed by atoms with E-state index in [2.05, 4.69) is 5.32 Å². The van der Waals surface area contributed by atoms with Gasteiger partial charge < -0.3 is 10.1 Å². The van der Waals surface area contributed by atoms with Crippen LogP contribution in [0.15, 0.2) is 48.5 Å². The largest absolute Gasteiger partial charge is 0.497 e. The zero-order valence-electron chi connectivity index (χ0n) is 14.8. The average Bonchev–Trinajstić information content (AvgIpc) is 2.60. The summed E-state index contributed by atoms with van der Waals surface area (Å²) in [6.07, 6.45) is -4.40. The molecule has 0 bridgehead atoms. The number of ether oxygens (including phenoxy) is 1. The zero-order chi connectivity index (χ0) is 19.3. The Morgan fingerprint density at radius 2 is 1.85 bits per heavy atom. The van der Waals surface area contributed by atoms with Crippen molar-refractivity contribution >= 4 is 11.6 Å². The molecule has 0 aliphatic rings. The molecule has 0 heterocycles. The summed E-state index contributed by atoms with van der Waals surface area (Å²) in [5.74, 6) is 0.438. The van der Waals surface area contributed by atoms with Crippen LogP contribution in [0.25, 0.3) is 0 Å². The molecule has 1 N–H and O–H groups in total. The van der Waals surface area contributed by atoms with E-state index in [0.717, 1.165) is 23.4 Å². The fourth-order valence-electron chi connectivity index (χ4n) is 2.39. The Hall–Kier alpha value is -2.54. The number of nitrogens with one attached hydrogen (secondary N) is 1. The van der Waals surface area contributed by atoms with Gasteiger partial charge in [-0.05, 0) is 55.9 Å². The van der Waals surface area contributed by atoms with E-state index in [0.29, 0.717) is 12.2 Å². The highest BCUT2D eigenvalue weighted by atomic mass is 19.4. The number of hydrogen-bond acceptors (Lipinski definition) is 3. The minimum atomic E-state index is -4.40. The predicted octanol–water partition coefficient (Wildman–Crippen LogP) is 4.17. The topological polar surface area (TPSA) is 41.6 Å². The van der Waals surface area contributed by atoms with Gasteiger partial charge in [0.1, 0.15) is 5.75 Å². The van der Waals surface area contributed by atoms with E-state index in [9.17, 15) is 18.0 Å². The molecule has 0 saturated heterocycles. The van der Waals surface area contributed by atoms with Crippen molar-refractivity contribution in [2.24, 2.45) is 0 Å². The first kappa shape index (κ1) is 19.8. The number of amides is 1. The van der Waals surface area contributed by atoms with Crippen molar-refractivity contribution in [1.29, 1.82) is 0 Å². The molecule has 0 radical (unpaired) electrons. The Kier molecular flexibility index (Phi) is 6.26. The molecule has 2 aromatic carbocycles. The average molecular weight is 366 g/mol. The molecule has 0 fully saturated rings. The molecule has 0 spiro atoms. The molecule has 140 valence electrons. The van der Waals surface area contributed by atoms with Crippen molar-refractivity contribution in [1.82, 2.24) is 4.90 Å². The first-order valence-electron chi connectivity index (χ1n) is 8.02. The summed E-state index contributed by atoms with van der Waals surface area (Å²) in [5.41, 5.74) is 0.560. The third kappa shape index (κ3) is 5.23. The van der Waals surface area contributed by atoms with Crippen LogP contribution in [0.1, 0.15) is 18.1 Å². The van der Waals surface area contributed by atoms with Crippen molar-refractivity contribution in [2.45, 2.75) is 25.7 Å². The van der Waals surface area contributed by atoms with E-state index >= 15 is 0 Å². The van der Waals surface area contributed by atoms with Gasteiger partial charge in [0.05, 0.1) is 18.7 Å². The van der Waals surface area contributed by atoms with Crippen LogP contribution in [0.4, 0.5) is 18.9 Å². The Morgan fingerprint density at radius 1 is 1.19 bits per heavy atom. The lowest BCUT2D eigenvalue weighted by atomic mass is 10.1. The molecule has 2 rings (SSSR count). The smallest absolute Gasteiger partial charge is 0.416 e. The molecular weight excluding hydrogens is 345 g/mol. The van der Waals surface area contributed by atoms with Crippen LogP contribution >= 0.6 is 0 Å². The van der Waals surface area contributed by atoms with Gasteiger partial charge in [0.25, 0.3) is 0 Å². The number of anilines is 1. The van der Waals surface area contributed by atoms with Gasteiger partial charge in [0.2, 0.25) is 5.91 Å². The number of likely N-dealkylation sites (N-methyl/N-ethyl adjacent to an activating group) is 1. The minimum Gasteiger partial charge on any atom is -0.497 e. The number of carbonyl (C=O) groups excluding carboxylic acids is 1. The normalized spacial score (nSPS) is 12.7. The van der Waals surface area contributed by atoms with E-state index in [1.54, 1.807) is 21.1 Å². The van der Waals surface area contributed by atoms with Gasteiger partial charge in [-0.2, -0.15) is 13.2 Å². The summed E-state index contributed by atoms with van der Waals surface area (Å²) in [6, 6.07) is 11.4. The van der Waals surface area contributed by atoms with Crippen molar-refractivity contribution < 1.29 is 22.7 Å². The molecule has 4 nitrogen and oxygen atoms in total. The van der Waals surface area contributed by atoms with E-state index in [-0.39, 0.29) is 5.91 Å². The van der Waals surface area contributed by atoms with Gasteiger partial charge in [0, 0.05) is 12.2 Å². The number of benzene rings is 2. The quantitative estimate of drug-likeness (QED) is 0.834. The Labute approximate surface area is 150 Å². The second-order valence-corrected chi connectivity index (χ2v) is 6.01. The molecule has 0 aromatic heterocycles. The number of nitrogens with zero attached hydrogens (tertiary/aromatic N) is 1. The Balaban J connectivity index is 1.97. The van der Waals surface area contributed by atoms with Crippen LogP contribution in [-0.4, -0.2) is 31.0 Å². The molecule has 0 aliphatic carbocycles. The molecule has 1 atom stereocenters. The van der Waals surface area contributed by atoms with Gasteiger partial charge in [-0.15, -0.1) is 0 Å². The van der Waals surface area contributed by atoms with E-state index in [1.165, 1.54) is 12.1 Å². The van der Waals surface area contributed by atoms with E-state index in [1.807, 2.05) is 29.2 Å². The summed E-state index contributed by atoms with van der Waals surface area (Å²) in [7, 11) is 3.39. The molecule has 7 heteroatoms. The van der Waals surface area contributed by atoms with Crippen molar-refractivity contribution in [3.8, 4) is 5.75 Å². The molecule has 2 aromatic rings. The second kappa shape index (κ2) is 8.23. The van der Waals surface area contributed by atoms with Crippen LogP contribution in [0.5, 0.6) is 5.75 Å². The first-order chi connectivity index (χ1) is 12.2. The molecule has 0 saturated carbocycles. The van der Waals surface area contributed by atoms with Gasteiger partial charge in [-0.25, -0.2) is 0 Å². The number of hydrogen-bond donors (Lipinski definition) is 1. The van der Waals surface area contributed by atoms with Crippen molar-refractivity contribution in [2.75, 3.05) is 19.5 Å². The van der Waals surface area contributed by atoms with Gasteiger partial charge in [0.15, 0.2) is 0 Å². The summed E-state index contributed by atoms with van der Waals surface area (Å²) in [5, 5.41) is 2.64. The highest BCUT2D eigenvalue weighted by molar-refractivity contribution is 5.94. The SMILES string of the molecule is COc1cccc(CN(C)[C@@H](C)C(=O)Nc2ccc(C(F)(F)F)cc2)c1. The molecule has 0 unspecified atom stereocenters. The zero-order valence-corrected chi connectivity index (χ0v) is 14.8. The maximum atomic E-state index is 12.6. The number of carbonyl (C=O) groups is 1. The van der Waals surface area contributed by atoms with Crippen molar-refractivity contribution in [3.63, 3.8) is 0 Å². The molecule has 1 amide bonds. The van der Waals surface area contributed by atoms with E-state index < -0.39 is 17.8 Å². The lowest BCUT2D eigenvalue weighted by Crippen LogP contribution is -2.39. The third-order valence-electron chi connectivity index (χ3n) is 4.09. The predicted molar refractivity (Wildman–Crippen MR) is 94.0 cm³/mol. The number of halogens is 3. The monoisotopic (exact) mass is 366 g/mol. The number of alkyl halides is 3. The molecule has 0 aliphatic heterocycles. The fraction of sp³-hybridized carbons (Fsp3) is 0.316. The summed E-state index contributed by atoms with van der Waals surface area (Å²) in [6.45, 7) is 2.26. The molecular formula is C19H21F3N2O2. The minimum absolute atomic E-state index is 0.296. The summed E-state index contributed by atoms with van der Waals surface area (Å²) >= 11 is 0. The Bertz CT molecular complexity index is 745. The standard InChI is InChI=1S/C19H21F3N2O2/c1-13(24(2)12-14-5-4-6-17(11-14)26-3)18(25)23-16-9-7-15(8-10-16)19(20,21)22/h4-11,13H,12H2,1-3H3,(H,23,25)/t13-/m0/s1. The maximum Gasteiger partial charge on any atom is 0.416 e. The van der Waals surface area contributed by atoms with Crippen molar-refractivity contribution in [3.05, 3.63) is 59.7 Å². The van der Waals surface area contributed by atoms with Crippen LogP contribution in [0.3, 0.4) is 0 Å². The van der Waals surface area contributed by atoms with Crippen LogP contribution in [0.2, 0.25) is 0 Å². The number of methoxy groups -OCH3 is 1. The van der Waals surface area contributed by atoms with Gasteiger partial charge >= 0.3 is 6.18 Å². The molecule has 26 heavy (non-hydrogen) atoms. The highest BCUT2D eigenvalue weighted by Gasteiger charge is 2.30. The lowest BCUT2D eigenvalue weighted by molar-refractivity contribution is -0.137. The summed E-state index contributed by atoms with van der Waals surface area (Å²) < 4.78 is 42.9. The lowest BCUT2D eigenvalue weighted by Gasteiger charge is -2.24. The summed E-state index contributed by atoms with van der Waals surface area (Å²) in [4.78, 5) is 14.2. The fourth-order valence-corrected chi connectivity index (χ4v) is 2.39. The van der Waals surface area contributed by atoms with Crippen LogP contribution in [0, 0.1) is 0 Å². The number of rotatable bonds is 6. The van der Waals surface area contributed by atoms with Crippen LogP contribution < -0.4 is 10.1 Å². The Morgan fingerprint density at radius 3 is 2.42 bits per heavy atom. The second-order valence-electron chi connectivity index (χ2n) is 6.01. The van der Waals surface area contributed by atoms with E-state index in [4.69, 9.17) is 4.74 Å². The van der Waals surface area contributed by atoms with Gasteiger partial charge in [-0.1, -0.05) is 12.1 Å². The first-order valence-corrected chi connectivity index (χ1v) is 8.02.